The van der Waals surface area contributed by atoms with Crippen molar-refractivity contribution in [1.82, 2.24) is 0 Å². The second-order valence-electron chi connectivity index (χ2n) is 5.93. The van der Waals surface area contributed by atoms with E-state index in [0.717, 1.165) is 37.7 Å². The summed E-state index contributed by atoms with van der Waals surface area (Å²) in [6.45, 7) is 1.82. The third-order valence-corrected chi connectivity index (χ3v) is 5.38. The van der Waals surface area contributed by atoms with Crippen LogP contribution in [0.25, 0.3) is 0 Å². The molecule has 0 atom stereocenters. The Kier molecular flexibility index (Phi) is 6.33. The van der Waals surface area contributed by atoms with E-state index < -0.39 is 5.91 Å². The van der Waals surface area contributed by atoms with Gasteiger partial charge in [-0.05, 0) is 37.7 Å². The van der Waals surface area contributed by atoms with Gasteiger partial charge < -0.3 is 11.1 Å². The highest BCUT2D eigenvalue weighted by molar-refractivity contribution is 7.17. The number of nitrogens with one attached hydrogen (secondary N) is 1. The number of hydrogen-bond acceptors (Lipinski definition) is 4. The Balaban J connectivity index is 2.06. The molecular formula is C17H24N2O3S. The average molecular weight is 336 g/mol. The summed E-state index contributed by atoms with van der Waals surface area (Å²) in [6.07, 6.45) is 6.87. The van der Waals surface area contributed by atoms with E-state index in [1.807, 2.05) is 6.92 Å². The predicted molar refractivity (Wildman–Crippen MR) is 91.9 cm³/mol. The summed E-state index contributed by atoms with van der Waals surface area (Å²) in [6, 6.07) is 0. The van der Waals surface area contributed by atoms with Gasteiger partial charge in [-0.15, -0.1) is 11.3 Å². The van der Waals surface area contributed by atoms with Crippen LogP contribution in [0.4, 0.5) is 5.00 Å². The Morgan fingerprint density at radius 2 is 1.87 bits per heavy atom. The van der Waals surface area contributed by atoms with Gasteiger partial charge in [-0.2, -0.15) is 0 Å². The first-order chi connectivity index (χ1) is 11.0. The number of amides is 2. The van der Waals surface area contributed by atoms with Gasteiger partial charge in [0.2, 0.25) is 5.91 Å². The second-order valence-corrected chi connectivity index (χ2v) is 7.03. The van der Waals surface area contributed by atoms with Gasteiger partial charge in [0.1, 0.15) is 10.8 Å². The quantitative estimate of drug-likeness (QED) is 0.749. The molecule has 1 aromatic rings. The number of anilines is 1. The van der Waals surface area contributed by atoms with Crippen LogP contribution in [0.15, 0.2) is 0 Å². The minimum Gasteiger partial charge on any atom is -0.365 e. The van der Waals surface area contributed by atoms with E-state index in [-0.39, 0.29) is 18.1 Å². The van der Waals surface area contributed by atoms with Crippen molar-refractivity contribution in [2.75, 3.05) is 5.32 Å². The molecule has 0 radical (unpaired) electrons. The lowest BCUT2D eigenvalue weighted by molar-refractivity contribution is -0.119. The molecule has 126 valence electrons. The number of primary amides is 1. The van der Waals surface area contributed by atoms with Gasteiger partial charge >= 0.3 is 0 Å². The molecule has 1 aromatic heterocycles. The summed E-state index contributed by atoms with van der Waals surface area (Å²) in [5, 5.41) is 3.41. The van der Waals surface area contributed by atoms with E-state index >= 15 is 0 Å². The van der Waals surface area contributed by atoms with Crippen molar-refractivity contribution in [3.8, 4) is 0 Å². The molecule has 5 nitrogen and oxygen atoms in total. The van der Waals surface area contributed by atoms with E-state index in [9.17, 15) is 14.4 Å². The molecule has 0 bridgehead atoms. The molecule has 0 spiro atoms. The number of rotatable bonds is 7. The van der Waals surface area contributed by atoms with E-state index in [1.165, 1.54) is 16.2 Å². The molecule has 1 aliphatic carbocycles. The van der Waals surface area contributed by atoms with Gasteiger partial charge in [0.25, 0.3) is 5.91 Å². The molecule has 1 heterocycles. The summed E-state index contributed by atoms with van der Waals surface area (Å²) in [7, 11) is 0. The summed E-state index contributed by atoms with van der Waals surface area (Å²) in [5.41, 5.74) is 7.05. The van der Waals surface area contributed by atoms with Crippen LogP contribution in [-0.4, -0.2) is 17.6 Å². The van der Waals surface area contributed by atoms with Gasteiger partial charge in [0.15, 0.2) is 0 Å². The molecule has 1 aliphatic rings. The lowest BCUT2D eigenvalue weighted by Crippen LogP contribution is -2.18. The summed E-state index contributed by atoms with van der Waals surface area (Å²) in [4.78, 5) is 36.3. The maximum atomic E-state index is 12.1. The van der Waals surface area contributed by atoms with Crippen LogP contribution in [0.5, 0.6) is 0 Å². The third-order valence-electron chi connectivity index (χ3n) is 4.17. The van der Waals surface area contributed by atoms with Gasteiger partial charge in [-0.1, -0.05) is 13.3 Å². The van der Waals surface area contributed by atoms with E-state index in [4.69, 9.17) is 5.73 Å². The van der Waals surface area contributed by atoms with Gasteiger partial charge in [0, 0.05) is 24.1 Å². The first kappa shape index (κ1) is 17.7. The highest BCUT2D eigenvalue weighted by Gasteiger charge is 2.24. The van der Waals surface area contributed by atoms with Crippen LogP contribution < -0.4 is 11.1 Å². The zero-order valence-corrected chi connectivity index (χ0v) is 14.4. The minimum absolute atomic E-state index is 0.159. The number of thiophene rings is 1. The monoisotopic (exact) mass is 336 g/mol. The minimum atomic E-state index is -0.471. The van der Waals surface area contributed by atoms with Crippen LogP contribution in [0.2, 0.25) is 0 Å². The van der Waals surface area contributed by atoms with Crippen LogP contribution in [0.1, 0.15) is 72.7 Å². The number of ketones is 1. The number of hydrogen-bond donors (Lipinski definition) is 2. The molecule has 3 N–H and O–H groups in total. The van der Waals surface area contributed by atoms with Crippen LogP contribution in [-0.2, 0) is 22.4 Å². The molecular weight excluding hydrogens is 312 g/mol. The fraction of sp³-hybridized carbons (Fsp3) is 0.588. The highest BCUT2D eigenvalue weighted by atomic mass is 32.1. The number of aryl methyl sites for hydroxylation is 1. The van der Waals surface area contributed by atoms with E-state index in [0.29, 0.717) is 29.8 Å². The van der Waals surface area contributed by atoms with E-state index in [2.05, 4.69) is 5.32 Å². The Morgan fingerprint density at radius 3 is 2.57 bits per heavy atom. The summed E-state index contributed by atoms with van der Waals surface area (Å²) < 4.78 is 0. The Morgan fingerprint density at radius 1 is 1.13 bits per heavy atom. The van der Waals surface area contributed by atoms with Crippen molar-refractivity contribution in [1.29, 1.82) is 0 Å². The standard InChI is InChI=1S/C17H24N2O3S/c1-2-11(20)7-6-10-14(21)19-17-15(16(18)22)12-8-4-3-5-9-13(12)23-17/h2-10H2,1H3,(H2,18,22)(H,19,21). The number of fused-ring (bicyclic) bond motifs is 1. The first-order valence-electron chi connectivity index (χ1n) is 8.28. The van der Waals surface area contributed by atoms with Crippen molar-refractivity contribution in [2.45, 2.75) is 64.7 Å². The number of carbonyl (C=O) groups is 3. The molecule has 6 heteroatoms. The van der Waals surface area contributed by atoms with Crippen LogP contribution >= 0.6 is 11.3 Å². The fourth-order valence-electron chi connectivity index (χ4n) is 2.90. The molecule has 2 amide bonds. The lowest BCUT2D eigenvalue weighted by atomic mass is 10.1. The lowest BCUT2D eigenvalue weighted by Gasteiger charge is -2.06. The Bertz CT molecular complexity index is 607. The van der Waals surface area contributed by atoms with Crippen molar-refractivity contribution in [2.24, 2.45) is 5.73 Å². The number of Topliss-reactive ketones (excluding diaryl/α,β-unsaturated/α-hetero) is 1. The summed E-state index contributed by atoms with van der Waals surface area (Å²) in [5.74, 6) is -0.466. The first-order valence-corrected chi connectivity index (χ1v) is 9.10. The average Bonchev–Trinajstić information content (AvgIpc) is 2.68. The maximum absolute atomic E-state index is 12.1. The normalized spacial score (nSPS) is 14.0. The van der Waals surface area contributed by atoms with Gasteiger partial charge in [-0.25, -0.2) is 0 Å². The molecule has 0 aliphatic heterocycles. The largest absolute Gasteiger partial charge is 0.365 e. The second kappa shape index (κ2) is 8.24. The van der Waals surface area contributed by atoms with Crippen molar-refractivity contribution >= 4 is 33.9 Å². The maximum Gasteiger partial charge on any atom is 0.251 e. The third kappa shape index (κ3) is 4.64. The fourth-order valence-corrected chi connectivity index (χ4v) is 4.21. The smallest absolute Gasteiger partial charge is 0.251 e. The molecule has 2 rings (SSSR count). The summed E-state index contributed by atoms with van der Waals surface area (Å²) >= 11 is 1.48. The molecule has 0 unspecified atom stereocenters. The molecule has 0 fully saturated rings. The number of nitrogens with two attached hydrogens (primary N) is 1. The zero-order chi connectivity index (χ0) is 16.8. The SMILES string of the molecule is CCC(=O)CCCC(=O)Nc1sc2c(c1C(N)=O)CCCCC2. The Labute approximate surface area is 140 Å². The van der Waals surface area contributed by atoms with Gasteiger partial charge in [0.05, 0.1) is 5.56 Å². The van der Waals surface area contributed by atoms with E-state index in [1.54, 1.807) is 0 Å². The topological polar surface area (TPSA) is 89.3 Å². The Hall–Kier alpha value is -1.69. The van der Waals surface area contributed by atoms with Gasteiger partial charge in [-0.3, -0.25) is 14.4 Å². The molecule has 0 saturated heterocycles. The molecule has 0 aromatic carbocycles. The zero-order valence-electron chi connectivity index (χ0n) is 13.6. The van der Waals surface area contributed by atoms with Crippen molar-refractivity contribution in [3.63, 3.8) is 0 Å². The molecule has 23 heavy (non-hydrogen) atoms. The predicted octanol–water partition coefficient (Wildman–Crippen LogP) is 3.20. The van der Waals surface area contributed by atoms with Crippen molar-refractivity contribution in [3.05, 3.63) is 16.0 Å². The van der Waals surface area contributed by atoms with Crippen molar-refractivity contribution < 1.29 is 14.4 Å². The molecule has 0 saturated carbocycles. The van der Waals surface area contributed by atoms with Crippen LogP contribution in [0, 0.1) is 0 Å². The van der Waals surface area contributed by atoms with Crippen LogP contribution in [0.3, 0.4) is 0 Å². The number of carbonyl (C=O) groups excluding carboxylic acids is 3. The highest BCUT2D eigenvalue weighted by Crippen LogP contribution is 2.37.